The summed E-state index contributed by atoms with van der Waals surface area (Å²) < 4.78 is 0. The number of hydrogen-bond donors (Lipinski definition) is 16. The number of benzene rings is 1. The minimum absolute atomic E-state index is 0.0854. The standard InChI is InChI=1S/C45H64N6O20/c1-19(36(62)37(63)29(58)16-52)12-27(56)34(41(67)39(65)31(60)18-54)51-43(68)20(2)13-28(57)33(40(66)38(64)30(59)17-53)50-32(61)11-9-24(45(70)71)14-26(55)23-7-4-22(5-8-23)6-10-25-15-46-42-35(49-25)44(69)48-21(3)47-42/h4-5,7-8,15,19-20,24,29-31,33-34,36-41,52-54,58-60,62-67H,6,9-14,16-18H2,1-3H3,(H,50,61)(H,51,68)(H,70,71)(H,46,47,48,69)/t19-,20+,24+,29+,30+,31+,33+,34+,36+,37+,38+,39+,40+,41+/m0/s1. The number of ketones is 3. The molecule has 0 aliphatic carbocycles. The monoisotopic (exact) mass is 1010 g/mol. The number of Topliss-reactive ketones (excluding diaryl/α,β-unsaturated/α-hetero) is 3. The Balaban J connectivity index is 1.71. The van der Waals surface area contributed by atoms with E-state index < -0.39 is 177 Å². The summed E-state index contributed by atoms with van der Waals surface area (Å²) in [6.07, 6.45) is -20.2. The van der Waals surface area contributed by atoms with Gasteiger partial charge in [0.15, 0.2) is 28.5 Å². The molecule has 0 aliphatic rings. The Morgan fingerprint density at radius 2 is 1.18 bits per heavy atom. The second-order valence-corrected chi connectivity index (χ2v) is 17.5. The molecule has 14 atom stereocenters. The lowest BCUT2D eigenvalue weighted by Crippen LogP contribution is -2.58. The van der Waals surface area contributed by atoms with Crippen molar-refractivity contribution in [3.8, 4) is 0 Å². The van der Waals surface area contributed by atoms with Crippen LogP contribution in [0.15, 0.2) is 35.3 Å². The van der Waals surface area contributed by atoms with Gasteiger partial charge in [0.2, 0.25) is 11.8 Å². The van der Waals surface area contributed by atoms with Crippen LogP contribution in [0.4, 0.5) is 0 Å². The lowest BCUT2D eigenvalue weighted by molar-refractivity contribution is -0.143. The molecule has 26 heteroatoms. The largest absolute Gasteiger partial charge is 0.481 e. The van der Waals surface area contributed by atoms with Gasteiger partial charge in [-0.3, -0.25) is 33.6 Å². The van der Waals surface area contributed by atoms with Gasteiger partial charge in [0, 0.05) is 37.2 Å². The Hall–Kier alpha value is -5.62. The van der Waals surface area contributed by atoms with Crippen molar-refractivity contribution in [2.45, 2.75) is 133 Å². The number of H-pyrrole nitrogens is 1. The average molecular weight is 1010 g/mol. The van der Waals surface area contributed by atoms with Crippen molar-refractivity contribution in [2.75, 3.05) is 19.8 Å². The smallest absolute Gasteiger partial charge is 0.306 e. The number of nitrogens with one attached hydrogen (secondary N) is 3. The molecular weight excluding hydrogens is 945 g/mol. The number of aromatic amines is 1. The van der Waals surface area contributed by atoms with Crippen LogP contribution in [0, 0.1) is 24.7 Å². The van der Waals surface area contributed by atoms with Crippen molar-refractivity contribution in [3.05, 3.63) is 63.5 Å². The maximum Gasteiger partial charge on any atom is 0.306 e. The van der Waals surface area contributed by atoms with E-state index in [0.29, 0.717) is 24.4 Å². The number of amides is 2. The van der Waals surface area contributed by atoms with Gasteiger partial charge in [0.25, 0.3) is 5.56 Å². The van der Waals surface area contributed by atoms with E-state index in [4.69, 9.17) is 5.11 Å². The Bertz CT molecular complexity index is 2340. The zero-order valence-corrected chi connectivity index (χ0v) is 39.1. The summed E-state index contributed by atoms with van der Waals surface area (Å²) in [7, 11) is 0. The molecule has 0 radical (unpaired) electrons. The van der Waals surface area contributed by atoms with E-state index in [-0.39, 0.29) is 16.7 Å². The average Bonchev–Trinajstić information content (AvgIpc) is 3.35. The number of carboxylic acids is 1. The molecule has 0 unspecified atom stereocenters. The predicted octanol–water partition coefficient (Wildman–Crippen LogP) is -5.75. The SMILES string of the molecule is Cc1nc2ncc(CCc3ccc(C(=O)C[C@@H](CCC(=O)N[C@H](C(=O)C[C@@H](C)C(=O)N[C@H](C(=O)C[C@H](C)[C@@H](O)[C@H](O)[C@H](O)CO)[C@@H](O)[C@H](O)[C@H](O)CO)[C@@H](O)[C@H](O)[C@H](O)CO)C(=O)O)cc3)nc2c(=O)[nH]1. The fourth-order valence-corrected chi connectivity index (χ4v) is 7.35. The number of fused-ring (bicyclic) bond motifs is 1. The minimum atomic E-state index is -2.37. The van der Waals surface area contributed by atoms with E-state index in [1.807, 2.05) is 0 Å². The summed E-state index contributed by atoms with van der Waals surface area (Å²) in [5.74, 6) is -10.6. The molecule has 0 fully saturated rings. The number of hydrogen-bond acceptors (Lipinski definition) is 22. The first-order chi connectivity index (χ1) is 33.3. The van der Waals surface area contributed by atoms with Crippen LogP contribution in [0.25, 0.3) is 11.2 Å². The normalized spacial score (nSPS) is 17.7. The molecule has 1 aromatic carbocycles. The maximum atomic E-state index is 13.7. The summed E-state index contributed by atoms with van der Waals surface area (Å²) in [6.45, 7) is 0.702. The van der Waals surface area contributed by atoms with Crippen LogP contribution in [0.5, 0.6) is 0 Å². The number of carbonyl (C=O) groups is 6. The Kier molecular flexibility index (Phi) is 23.4. The van der Waals surface area contributed by atoms with Gasteiger partial charge in [-0.2, -0.15) is 0 Å². The first kappa shape index (κ1) is 59.7. The number of aliphatic carboxylic acids is 1. The number of aliphatic hydroxyl groups excluding tert-OH is 12. The molecule has 0 saturated heterocycles. The van der Waals surface area contributed by atoms with Gasteiger partial charge >= 0.3 is 5.97 Å². The van der Waals surface area contributed by atoms with Gasteiger partial charge < -0.3 is 82.0 Å². The van der Waals surface area contributed by atoms with Crippen LogP contribution in [0.1, 0.15) is 73.4 Å². The number of aromatic nitrogens is 4. The summed E-state index contributed by atoms with van der Waals surface area (Å²) in [6, 6.07) is 1.96. The number of rotatable bonds is 31. The predicted molar refractivity (Wildman–Crippen MR) is 243 cm³/mol. The van der Waals surface area contributed by atoms with Crippen molar-refractivity contribution in [1.29, 1.82) is 0 Å². The Labute approximate surface area is 405 Å². The molecule has 394 valence electrons. The van der Waals surface area contributed by atoms with Crippen molar-refractivity contribution in [2.24, 2.45) is 17.8 Å². The number of nitrogens with zero attached hydrogens (tertiary/aromatic N) is 3. The molecule has 0 spiro atoms. The molecule has 3 aromatic rings. The molecule has 2 heterocycles. The molecule has 16 N–H and O–H groups in total. The Morgan fingerprint density at radius 3 is 1.72 bits per heavy atom. The van der Waals surface area contributed by atoms with E-state index in [2.05, 4.69) is 30.6 Å². The maximum absolute atomic E-state index is 13.7. The van der Waals surface area contributed by atoms with E-state index in [1.54, 1.807) is 19.1 Å². The summed E-state index contributed by atoms with van der Waals surface area (Å²) in [5, 5.41) is 135. The zero-order chi connectivity index (χ0) is 53.4. The van der Waals surface area contributed by atoms with Crippen LogP contribution in [-0.4, -0.2) is 208 Å². The van der Waals surface area contributed by atoms with Crippen molar-refractivity contribution < 1.29 is 95.2 Å². The van der Waals surface area contributed by atoms with Crippen LogP contribution >= 0.6 is 0 Å². The summed E-state index contributed by atoms with van der Waals surface area (Å²) in [5.41, 5.74) is 1.30. The fraction of sp³-hybridized carbons (Fsp3) is 0.600. The Morgan fingerprint density at radius 1 is 0.662 bits per heavy atom. The van der Waals surface area contributed by atoms with Gasteiger partial charge in [-0.25, -0.2) is 15.0 Å². The summed E-state index contributed by atoms with van der Waals surface area (Å²) >= 11 is 0. The molecule has 2 aromatic heterocycles. The van der Waals surface area contributed by atoms with Crippen LogP contribution in [-0.2, 0) is 36.8 Å². The second-order valence-electron chi connectivity index (χ2n) is 17.5. The highest BCUT2D eigenvalue weighted by atomic mass is 16.4. The third-order valence-corrected chi connectivity index (χ3v) is 11.9. The third kappa shape index (κ3) is 17.0. The lowest BCUT2D eigenvalue weighted by Gasteiger charge is -2.32. The fourth-order valence-electron chi connectivity index (χ4n) is 7.35. The van der Waals surface area contributed by atoms with Crippen LogP contribution in [0.3, 0.4) is 0 Å². The molecule has 3 rings (SSSR count). The number of carbonyl (C=O) groups excluding carboxylic acids is 5. The third-order valence-electron chi connectivity index (χ3n) is 11.9. The summed E-state index contributed by atoms with van der Waals surface area (Å²) in [4.78, 5) is 107. The first-order valence-corrected chi connectivity index (χ1v) is 22.5. The molecule has 2 amide bonds. The highest BCUT2D eigenvalue weighted by Gasteiger charge is 2.41. The number of aliphatic hydroxyl groups is 12. The second kappa shape index (κ2) is 27.8. The topological polar surface area (TPSA) is 461 Å². The highest BCUT2D eigenvalue weighted by molar-refractivity contribution is 5.98. The van der Waals surface area contributed by atoms with Gasteiger partial charge in [-0.15, -0.1) is 0 Å². The number of aryl methyl sites for hydroxylation is 3. The van der Waals surface area contributed by atoms with Crippen molar-refractivity contribution >= 4 is 46.3 Å². The van der Waals surface area contributed by atoms with Gasteiger partial charge in [0.1, 0.15) is 66.7 Å². The molecular formula is C45H64N6O20. The first-order valence-electron chi connectivity index (χ1n) is 22.5. The molecule has 26 nitrogen and oxygen atoms in total. The molecule has 0 bridgehead atoms. The van der Waals surface area contributed by atoms with E-state index in [1.165, 1.54) is 25.3 Å². The number of carboxylic acid groups (broad SMARTS) is 1. The molecule has 0 saturated carbocycles. The minimum Gasteiger partial charge on any atom is -0.481 e. The van der Waals surface area contributed by atoms with E-state index in [9.17, 15) is 94.8 Å². The van der Waals surface area contributed by atoms with Crippen molar-refractivity contribution in [1.82, 2.24) is 30.6 Å². The van der Waals surface area contributed by atoms with E-state index >= 15 is 0 Å². The van der Waals surface area contributed by atoms with Gasteiger partial charge in [-0.05, 0) is 37.7 Å². The zero-order valence-electron chi connectivity index (χ0n) is 39.1. The quantitative estimate of drug-likeness (QED) is 0.0267. The van der Waals surface area contributed by atoms with Crippen LogP contribution < -0.4 is 16.2 Å². The van der Waals surface area contributed by atoms with E-state index in [0.717, 1.165) is 12.5 Å². The van der Waals surface area contributed by atoms with Gasteiger partial charge in [-0.1, -0.05) is 38.1 Å². The van der Waals surface area contributed by atoms with Crippen LogP contribution in [0.2, 0.25) is 0 Å². The van der Waals surface area contributed by atoms with Crippen molar-refractivity contribution in [3.63, 3.8) is 0 Å². The molecule has 71 heavy (non-hydrogen) atoms. The highest BCUT2D eigenvalue weighted by Crippen LogP contribution is 2.21. The van der Waals surface area contributed by atoms with Gasteiger partial charge in [0.05, 0.1) is 43.7 Å². The lowest BCUT2D eigenvalue weighted by atomic mass is 9.87. The molecule has 0 aliphatic heterocycles.